The summed E-state index contributed by atoms with van der Waals surface area (Å²) in [6.45, 7) is 2.31. The number of rotatable bonds is 3. The average Bonchev–Trinajstić information content (AvgIpc) is 3.07. The van der Waals surface area contributed by atoms with Crippen LogP contribution in [0.2, 0.25) is 0 Å². The Morgan fingerprint density at radius 3 is 2.82 bits per heavy atom. The first-order valence-electron chi connectivity index (χ1n) is 7.97. The summed E-state index contributed by atoms with van der Waals surface area (Å²) in [5, 5.41) is 9.70. The SMILES string of the molecule is c1cc2c(ncc3nnc(C4CCN(SC5CC5)CC4)n32)[nH]1. The highest BCUT2D eigenvalue weighted by molar-refractivity contribution is 7.97. The van der Waals surface area contributed by atoms with Gasteiger partial charge < -0.3 is 4.98 Å². The van der Waals surface area contributed by atoms with Crippen LogP contribution >= 0.6 is 11.9 Å². The Morgan fingerprint density at radius 2 is 2.00 bits per heavy atom. The number of piperidine rings is 1. The molecule has 0 bridgehead atoms. The molecule has 0 spiro atoms. The molecule has 3 aromatic rings. The minimum Gasteiger partial charge on any atom is -0.345 e. The second kappa shape index (κ2) is 4.96. The Bertz CT molecular complexity index is 812. The van der Waals surface area contributed by atoms with Gasteiger partial charge in [0, 0.05) is 30.5 Å². The van der Waals surface area contributed by atoms with E-state index in [9.17, 15) is 0 Å². The molecular formula is C15H18N6S. The first-order chi connectivity index (χ1) is 10.9. The fourth-order valence-corrected chi connectivity index (χ4v) is 4.46. The fraction of sp³-hybridized carbons (Fsp3) is 0.533. The number of aromatic nitrogens is 5. The molecule has 1 aliphatic carbocycles. The second-order valence-corrected chi connectivity index (χ2v) is 7.62. The van der Waals surface area contributed by atoms with Crippen LogP contribution in [0.15, 0.2) is 18.5 Å². The van der Waals surface area contributed by atoms with Gasteiger partial charge in [0.2, 0.25) is 0 Å². The van der Waals surface area contributed by atoms with Gasteiger partial charge in [-0.05, 0) is 31.7 Å². The number of fused-ring (bicyclic) bond motifs is 3. The van der Waals surface area contributed by atoms with Crippen LogP contribution in [0.25, 0.3) is 16.8 Å². The first kappa shape index (κ1) is 12.9. The van der Waals surface area contributed by atoms with Crippen LogP contribution in [0.4, 0.5) is 0 Å². The molecule has 1 N–H and O–H groups in total. The molecule has 22 heavy (non-hydrogen) atoms. The fourth-order valence-electron chi connectivity index (χ4n) is 3.27. The Labute approximate surface area is 132 Å². The smallest absolute Gasteiger partial charge is 0.179 e. The Balaban J connectivity index is 1.45. The van der Waals surface area contributed by atoms with Gasteiger partial charge in [0.15, 0.2) is 11.3 Å². The highest BCUT2D eigenvalue weighted by atomic mass is 32.2. The predicted octanol–water partition coefficient (Wildman–Crippen LogP) is 2.60. The maximum absolute atomic E-state index is 4.48. The molecule has 1 saturated carbocycles. The van der Waals surface area contributed by atoms with E-state index in [0.717, 1.165) is 53.8 Å². The lowest BCUT2D eigenvalue weighted by Crippen LogP contribution is -2.28. The highest BCUT2D eigenvalue weighted by Crippen LogP contribution is 2.39. The minimum atomic E-state index is 0.492. The molecule has 5 rings (SSSR count). The highest BCUT2D eigenvalue weighted by Gasteiger charge is 2.30. The van der Waals surface area contributed by atoms with Crippen molar-refractivity contribution in [3.63, 3.8) is 0 Å². The topological polar surface area (TPSA) is 62.1 Å². The Kier molecular flexibility index (Phi) is 2.91. The summed E-state index contributed by atoms with van der Waals surface area (Å²) in [7, 11) is 0. The van der Waals surface area contributed by atoms with Crippen LogP contribution < -0.4 is 0 Å². The third-order valence-corrected chi connectivity index (χ3v) is 6.04. The normalized spacial score (nSPS) is 21.1. The van der Waals surface area contributed by atoms with E-state index in [-0.39, 0.29) is 0 Å². The van der Waals surface area contributed by atoms with Gasteiger partial charge in [-0.15, -0.1) is 10.2 Å². The molecule has 0 unspecified atom stereocenters. The van der Waals surface area contributed by atoms with E-state index in [4.69, 9.17) is 0 Å². The standard InChI is InChI=1S/C15H18N6S/c1-2-11(1)22-20-7-4-10(5-8-20)15-19-18-13-9-17-14-12(21(13)15)3-6-16-14/h3,6,9-11,16H,1-2,4-5,7-8H2. The number of hydrogen-bond donors (Lipinski definition) is 1. The molecule has 7 heteroatoms. The van der Waals surface area contributed by atoms with Crippen molar-refractivity contribution in [2.45, 2.75) is 36.9 Å². The molecule has 0 atom stereocenters. The molecule has 2 aliphatic rings. The third-order valence-electron chi connectivity index (χ3n) is 4.61. The van der Waals surface area contributed by atoms with E-state index in [1.807, 2.05) is 6.20 Å². The van der Waals surface area contributed by atoms with E-state index in [0.29, 0.717) is 5.92 Å². The minimum absolute atomic E-state index is 0.492. The number of aromatic amines is 1. The lowest BCUT2D eigenvalue weighted by atomic mass is 9.97. The molecule has 1 aliphatic heterocycles. The maximum atomic E-state index is 4.48. The Hall–Kier alpha value is -1.60. The maximum Gasteiger partial charge on any atom is 0.179 e. The molecule has 0 amide bonds. The van der Waals surface area contributed by atoms with Gasteiger partial charge in [0.05, 0.1) is 11.7 Å². The zero-order valence-electron chi connectivity index (χ0n) is 12.3. The summed E-state index contributed by atoms with van der Waals surface area (Å²) in [6.07, 6.45) is 8.85. The number of nitrogens with zero attached hydrogens (tertiary/aromatic N) is 5. The molecule has 4 heterocycles. The van der Waals surface area contributed by atoms with E-state index in [1.54, 1.807) is 6.20 Å². The van der Waals surface area contributed by atoms with Crippen LogP contribution in [0.1, 0.15) is 37.4 Å². The number of hydrogen-bond acceptors (Lipinski definition) is 5. The van der Waals surface area contributed by atoms with Crippen LogP contribution in [0.5, 0.6) is 0 Å². The summed E-state index contributed by atoms with van der Waals surface area (Å²) >= 11 is 2.07. The predicted molar refractivity (Wildman–Crippen MR) is 86.8 cm³/mol. The quantitative estimate of drug-likeness (QED) is 0.753. The molecule has 3 aromatic heterocycles. The van der Waals surface area contributed by atoms with E-state index >= 15 is 0 Å². The third kappa shape index (κ3) is 2.11. The summed E-state index contributed by atoms with van der Waals surface area (Å²) in [6, 6.07) is 2.06. The van der Waals surface area contributed by atoms with Crippen LogP contribution in [0.3, 0.4) is 0 Å². The summed E-state index contributed by atoms with van der Waals surface area (Å²) in [5.74, 6) is 1.59. The van der Waals surface area contributed by atoms with Gasteiger partial charge in [-0.3, -0.25) is 8.71 Å². The summed E-state index contributed by atoms with van der Waals surface area (Å²) in [4.78, 5) is 7.56. The molecule has 0 radical (unpaired) electrons. The van der Waals surface area contributed by atoms with Gasteiger partial charge in [-0.1, -0.05) is 11.9 Å². The second-order valence-electron chi connectivity index (χ2n) is 6.23. The van der Waals surface area contributed by atoms with Crippen molar-refractivity contribution in [3.05, 3.63) is 24.3 Å². The van der Waals surface area contributed by atoms with Crippen molar-refractivity contribution < 1.29 is 0 Å². The zero-order chi connectivity index (χ0) is 14.5. The lowest BCUT2D eigenvalue weighted by molar-refractivity contribution is 0.337. The molecule has 2 fully saturated rings. The number of nitrogens with one attached hydrogen (secondary N) is 1. The van der Waals surface area contributed by atoms with Crippen molar-refractivity contribution in [3.8, 4) is 0 Å². The number of H-pyrrole nitrogens is 1. The largest absolute Gasteiger partial charge is 0.345 e. The van der Waals surface area contributed by atoms with Crippen molar-refractivity contribution in [1.82, 2.24) is 28.9 Å². The van der Waals surface area contributed by atoms with E-state index in [1.165, 1.54) is 12.8 Å². The summed E-state index contributed by atoms with van der Waals surface area (Å²) < 4.78 is 4.72. The van der Waals surface area contributed by atoms with Gasteiger partial charge in [-0.25, -0.2) is 4.98 Å². The van der Waals surface area contributed by atoms with E-state index < -0.39 is 0 Å². The average molecular weight is 314 g/mol. The van der Waals surface area contributed by atoms with Crippen LogP contribution in [-0.2, 0) is 0 Å². The van der Waals surface area contributed by atoms with Crippen LogP contribution in [0, 0.1) is 0 Å². The van der Waals surface area contributed by atoms with Crippen molar-refractivity contribution in [2.75, 3.05) is 13.1 Å². The molecule has 1 saturated heterocycles. The van der Waals surface area contributed by atoms with Crippen molar-refractivity contribution in [2.24, 2.45) is 0 Å². The van der Waals surface area contributed by atoms with Gasteiger partial charge >= 0.3 is 0 Å². The first-order valence-corrected chi connectivity index (χ1v) is 8.81. The van der Waals surface area contributed by atoms with Crippen molar-refractivity contribution in [1.29, 1.82) is 0 Å². The lowest BCUT2D eigenvalue weighted by Gasteiger charge is -2.30. The molecule has 6 nitrogen and oxygen atoms in total. The van der Waals surface area contributed by atoms with Crippen molar-refractivity contribution >= 4 is 28.8 Å². The van der Waals surface area contributed by atoms with Gasteiger partial charge in [-0.2, -0.15) is 0 Å². The summed E-state index contributed by atoms with van der Waals surface area (Å²) in [5.41, 5.74) is 2.82. The van der Waals surface area contributed by atoms with E-state index in [2.05, 4.69) is 46.9 Å². The Morgan fingerprint density at radius 1 is 1.14 bits per heavy atom. The van der Waals surface area contributed by atoms with Gasteiger partial charge in [0.1, 0.15) is 5.82 Å². The zero-order valence-corrected chi connectivity index (χ0v) is 13.1. The van der Waals surface area contributed by atoms with Gasteiger partial charge in [0.25, 0.3) is 0 Å². The molecule has 114 valence electrons. The molecule has 0 aromatic carbocycles. The molecular weight excluding hydrogens is 296 g/mol. The van der Waals surface area contributed by atoms with Crippen LogP contribution in [-0.4, -0.2) is 47.2 Å². The monoisotopic (exact) mass is 314 g/mol.